The van der Waals surface area contributed by atoms with E-state index in [1.54, 1.807) is 0 Å². The van der Waals surface area contributed by atoms with E-state index < -0.39 is 0 Å². The zero-order valence-electron chi connectivity index (χ0n) is 21.5. The molecular formula is C38H22OS. The van der Waals surface area contributed by atoms with Crippen molar-refractivity contribution in [1.29, 1.82) is 0 Å². The summed E-state index contributed by atoms with van der Waals surface area (Å²) >= 11 is 1.86. The first-order valence-electron chi connectivity index (χ1n) is 13.6. The van der Waals surface area contributed by atoms with Crippen molar-refractivity contribution < 1.29 is 4.42 Å². The van der Waals surface area contributed by atoms with Crippen LogP contribution in [-0.4, -0.2) is 0 Å². The van der Waals surface area contributed by atoms with Crippen molar-refractivity contribution in [3.63, 3.8) is 0 Å². The van der Waals surface area contributed by atoms with E-state index in [1.807, 2.05) is 17.6 Å². The van der Waals surface area contributed by atoms with Crippen LogP contribution in [0, 0.1) is 0 Å². The largest absolute Gasteiger partial charge is 0.464 e. The first-order valence-corrected chi connectivity index (χ1v) is 14.4. The molecule has 9 aromatic rings. The number of hydrogen-bond acceptors (Lipinski definition) is 2. The lowest BCUT2D eigenvalue weighted by Gasteiger charge is -2.19. The Morgan fingerprint density at radius 1 is 0.450 bits per heavy atom. The molecule has 0 radical (unpaired) electrons. The summed E-state index contributed by atoms with van der Waals surface area (Å²) in [6.45, 7) is 0. The molecule has 1 nitrogen and oxygen atoms in total. The minimum atomic E-state index is 0.931. The van der Waals surface area contributed by atoms with Gasteiger partial charge >= 0.3 is 0 Å². The van der Waals surface area contributed by atoms with Crippen LogP contribution in [-0.2, 0) is 0 Å². The van der Waals surface area contributed by atoms with E-state index >= 15 is 0 Å². The molecule has 0 spiro atoms. The summed E-state index contributed by atoms with van der Waals surface area (Å²) in [5.41, 5.74) is 5.98. The fourth-order valence-electron chi connectivity index (χ4n) is 6.68. The lowest BCUT2D eigenvalue weighted by Crippen LogP contribution is -1.92. The van der Waals surface area contributed by atoms with Crippen molar-refractivity contribution >= 4 is 74.8 Å². The van der Waals surface area contributed by atoms with Crippen molar-refractivity contribution in [1.82, 2.24) is 0 Å². The van der Waals surface area contributed by atoms with Crippen LogP contribution >= 0.6 is 11.3 Å². The molecule has 0 N–H and O–H groups in total. The Labute approximate surface area is 234 Å². The fraction of sp³-hybridized carbons (Fsp3) is 0. The molecule has 0 atom stereocenters. The lowest BCUT2D eigenvalue weighted by molar-refractivity contribution is 0.616. The van der Waals surface area contributed by atoms with Crippen molar-refractivity contribution in [3.8, 4) is 22.3 Å². The summed E-state index contributed by atoms with van der Waals surface area (Å²) in [5.74, 6) is 0. The third kappa shape index (κ3) is 2.97. The summed E-state index contributed by atoms with van der Waals surface area (Å²) in [6.07, 6.45) is 1.82. The highest BCUT2D eigenvalue weighted by Crippen LogP contribution is 2.50. The van der Waals surface area contributed by atoms with Gasteiger partial charge in [0.05, 0.1) is 6.26 Å². The van der Waals surface area contributed by atoms with E-state index in [0.717, 1.165) is 5.58 Å². The molecule has 0 unspecified atom stereocenters. The first-order chi connectivity index (χ1) is 19.9. The topological polar surface area (TPSA) is 13.1 Å². The van der Waals surface area contributed by atoms with E-state index in [2.05, 4.69) is 127 Å². The fourth-order valence-corrected chi connectivity index (χ4v) is 7.92. The quantitative estimate of drug-likeness (QED) is 0.204. The molecular weight excluding hydrogens is 504 g/mol. The van der Waals surface area contributed by atoms with E-state index in [1.165, 1.54) is 80.1 Å². The third-order valence-electron chi connectivity index (χ3n) is 8.34. The van der Waals surface area contributed by atoms with E-state index in [0.29, 0.717) is 0 Å². The molecule has 0 bridgehead atoms. The predicted octanol–water partition coefficient (Wildman–Crippen LogP) is 11.6. The number of thiophene rings is 1. The Morgan fingerprint density at radius 2 is 1.02 bits per heavy atom. The van der Waals surface area contributed by atoms with Gasteiger partial charge in [0.1, 0.15) is 5.58 Å². The molecule has 0 saturated carbocycles. The Morgan fingerprint density at radius 3 is 1.75 bits per heavy atom. The second-order valence-electron chi connectivity index (χ2n) is 10.4. The number of fused-ring (bicyclic) bond motifs is 8. The number of hydrogen-bond donors (Lipinski definition) is 0. The van der Waals surface area contributed by atoms with Crippen molar-refractivity contribution in [3.05, 3.63) is 134 Å². The maximum absolute atomic E-state index is 6.06. The molecule has 2 aromatic heterocycles. The van der Waals surface area contributed by atoms with Gasteiger partial charge in [0.15, 0.2) is 0 Å². The minimum absolute atomic E-state index is 0.931. The highest BCUT2D eigenvalue weighted by atomic mass is 32.1. The van der Waals surface area contributed by atoms with Crippen molar-refractivity contribution in [2.75, 3.05) is 0 Å². The molecule has 0 saturated heterocycles. The highest BCUT2D eigenvalue weighted by molar-refractivity contribution is 7.26. The zero-order valence-corrected chi connectivity index (χ0v) is 22.3. The minimum Gasteiger partial charge on any atom is -0.464 e. The maximum atomic E-state index is 6.06. The summed E-state index contributed by atoms with van der Waals surface area (Å²) in [5, 5.41) is 11.4. The van der Waals surface area contributed by atoms with Gasteiger partial charge in [0, 0.05) is 25.6 Å². The van der Waals surface area contributed by atoms with Crippen molar-refractivity contribution in [2.24, 2.45) is 0 Å². The second kappa shape index (κ2) is 8.29. The van der Waals surface area contributed by atoms with Gasteiger partial charge in [-0.05, 0) is 72.8 Å². The summed E-state index contributed by atoms with van der Waals surface area (Å²) < 4.78 is 8.64. The van der Waals surface area contributed by atoms with E-state index in [-0.39, 0.29) is 0 Å². The SMILES string of the molecule is c1ccc2c(-c3c4ccccc4c(-c4cc5occc5c5sc6ccccc6c45)c4ccccc34)cccc2c1. The number of furan rings is 1. The molecule has 40 heavy (non-hydrogen) atoms. The molecule has 2 heteroatoms. The summed E-state index contributed by atoms with van der Waals surface area (Å²) in [7, 11) is 0. The number of rotatable bonds is 2. The molecule has 2 heterocycles. The van der Waals surface area contributed by atoms with Crippen LogP contribution < -0.4 is 0 Å². The summed E-state index contributed by atoms with van der Waals surface area (Å²) in [6, 6.07) is 46.3. The van der Waals surface area contributed by atoms with Gasteiger partial charge in [-0.2, -0.15) is 0 Å². The van der Waals surface area contributed by atoms with E-state index in [4.69, 9.17) is 4.42 Å². The maximum Gasteiger partial charge on any atom is 0.135 e. The third-order valence-corrected chi connectivity index (χ3v) is 9.54. The van der Waals surface area contributed by atoms with Crippen LogP contribution in [0.1, 0.15) is 0 Å². The standard InChI is InChI=1S/C38H22OS/c1-2-12-24-23(10-1)11-9-18-25(24)35-26-13-3-5-15-28(26)36(29-16-6-4-14-27(29)35)32-22-33-30(20-21-39-33)38-37(32)31-17-7-8-19-34(31)40-38/h1-22H. The smallest absolute Gasteiger partial charge is 0.135 e. The Kier molecular flexibility index (Phi) is 4.55. The Hall–Kier alpha value is -4.92. The van der Waals surface area contributed by atoms with Gasteiger partial charge in [-0.3, -0.25) is 0 Å². The van der Waals surface area contributed by atoms with Crippen molar-refractivity contribution in [2.45, 2.75) is 0 Å². The second-order valence-corrected chi connectivity index (χ2v) is 11.5. The predicted molar refractivity (Wildman–Crippen MR) is 172 cm³/mol. The van der Waals surface area contributed by atoms with Gasteiger partial charge in [-0.25, -0.2) is 0 Å². The van der Waals surface area contributed by atoms with Gasteiger partial charge in [0.25, 0.3) is 0 Å². The van der Waals surface area contributed by atoms with Gasteiger partial charge < -0.3 is 4.42 Å². The van der Waals surface area contributed by atoms with Crippen LogP contribution in [0.15, 0.2) is 138 Å². The van der Waals surface area contributed by atoms with Crippen LogP contribution in [0.2, 0.25) is 0 Å². The average molecular weight is 527 g/mol. The molecule has 0 aliphatic heterocycles. The van der Waals surface area contributed by atoms with Crippen LogP contribution in [0.25, 0.3) is 85.7 Å². The molecule has 9 rings (SSSR count). The van der Waals surface area contributed by atoms with E-state index in [9.17, 15) is 0 Å². The molecule has 0 amide bonds. The highest BCUT2D eigenvalue weighted by Gasteiger charge is 2.22. The molecule has 0 aliphatic rings. The van der Waals surface area contributed by atoms with Crippen LogP contribution in [0.4, 0.5) is 0 Å². The Balaban J connectivity index is 1.52. The summed E-state index contributed by atoms with van der Waals surface area (Å²) in [4.78, 5) is 0. The monoisotopic (exact) mass is 526 g/mol. The average Bonchev–Trinajstić information content (AvgIpc) is 3.64. The Bertz CT molecular complexity index is 2380. The number of benzene rings is 7. The molecule has 7 aromatic carbocycles. The lowest BCUT2D eigenvalue weighted by atomic mass is 9.83. The zero-order chi connectivity index (χ0) is 26.2. The molecule has 0 fully saturated rings. The van der Waals surface area contributed by atoms with Gasteiger partial charge in [0.2, 0.25) is 0 Å². The molecule has 186 valence electrons. The van der Waals surface area contributed by atoms with Crippen LogP contribution in [0.3, 0.4) is 0 Å². The van der Waals surface area contributed by atoms with Crippen LogP contribution in [0.5, 0.6) is 0 Å². The molecule has 0 aliphatic carbocycles. The van der Waals surface area contributed by atoms with Gasteiger partial charge in [-0.1, -0.05) is 109 Å². The normalized spacial score (nSPS) is 12.0. The van der Waals surface area contributed by atoms with Gasteiger partial charge in [-0.15, -0.1) is 11.3 Å². The first kappa shape index (κ1) is 22.0.